The summed E-state index contributed by atoms with van der Waals surface area (Å²) in [7, 11) is 0. The van der Waals surface area contributed by atoms with Crippen molar-refractivity contribution in [3.05, 3.63) is 70.0 Å². The molecule has 2 aromatic rings. The third kappa shape index (κ3) is 2.70. The van der Waals surface area contributed by atoms with Crippen molar-refractivity contribution in [3.63, 3.8) is 0 Å². The van der Waals surface area contributed by atoms with E-state index in [0.29, 0.717) is 5.56 Å². The molecule has 0 nitrogen and oxygen atoms in total. The SMILES string of the molecule is Fc1ccc(F)c(C(Br)c2ccc(F)c(Cl)c2)c1. The molecule has 0 aliphatic carbocycles. The lowest BCUT2D eigenvalue weighted by Gasteiger charge is -2.12. The average molecular weight is 336 g/mol. The monoisotopic (exact) mass is 334 g/mol. The molecule has 0 spiro atoms. The Labute approximate surface area is 116 Å². The van der Waals surface area contributed by atoms with Crippen LogP contribution in [-0.4, -0.2) is 0 Å². The number of benzene rings is 2. The van der Waals surface area contributed by atoms with Gasteiger partial charge in [0.25, 0.3) is 0 Å². The van der Waals surface area contributed by atoms with Gasteiger partial charge in [-0.1, -0.05) is 33.6 Å². The zero-order valence-corrected chi connectivity index (χ0v) is 11.3. The van der Waals surface area contributed by atoms with Gasteiger partial charge in [-0.3, -0.25) is 0 Å². The van der Waals surface area contributed by atoms with E-state index in [0.717, 1.165) is 18.2 Å². The van der Waals surface area contributed by atoms with Gasteiger partial charge in [0, 0.05) is 5.56 Å². The van der Waals surface area contributed by atoms with Crippen molar-refractivity contribution in [1.82, 2.24) is 0 Å². The molecule has 94 valence electrons. The van der Waals surface area contributed by atoms with E-state index in [9.17, 15) is 13.2 Å². The molecule has 2 aromatic carbocycles. The predicted molar refractivity (Wildman–Crippen MR) is 68.5 cm³/mol. The molecular weight excluding hydrogens is 328 g/mol. The van der Waals surface area contributed by atoms with Gasteiger partial charge in [0.05, 0.1) is 9.85 Å². The lowest BCUT2D eigenvalue weighted by molar-refractivity contribution is 0.588. The van der Waals surface area contributed by atoms with E-state index in [4.69, 9.17) is 11.6 Å². The second kappa shape index (κ2) is 5.33. The van der Waals surface area contributed by atoms with Crippen molar-refractivity contribution in [2.24, 2.45) is 0 Å². The van der Waals surface area contributed by atoms with Gasteiger partial charge < -0.3 is 0 Å². The van der Waals surface area contributed by atoms with Gasteiger partial charge in [-0.05, 0) is 35.9 Å². The topological polar surface area (TPSA) is 0 Å². The zero-order chi connectivity index (χ0) is 13.3. The van der Waals surface area contributed by atoms with E-state index in [1.165, 1.54) is 18.2 Å². The van der Waals surface area contributed by atoms with Crippen LogP contribution in [0.1, 0.15) is 16.0 Å². The highest BCUT2D eigenvalue weighted by molar-refractivity contribution is 9.09. The molecule has 0 radical (unpaired) electrons. The summed E-state index contributed by atoms with van der Waals surface area (Å²) in [4.78, 5) is -0.591. The minimum absolute atomic E-state index is 0.0613. The third-order valence-electron chi connectivity index (χ3n) is 2.47. The second-order valence-corrected chi connectivity index (χ2v) is 5.02. The standard InChI is InChI=1S/C13H7BrClF3/c14-13(7-1-3-12(18)10(15)5-7)9-6-8(16)2-4-11(9)17/h1-6,13H. The Balaban J connectivity index is 2.44. The molecule has 5 heteroatoms. The normalized spacial score (nSPS) is 12.5. The number of hydrogen-bond donors (Lipinski definition) is 0. The van der Waals surface area contributed by atoms with Gasteiger partial charge >= 0.3 is 0 Å². The smallest absolute Gasteiger partial charge is 0.141 e. The van der Waals surface area contributed by atoms with Crippen molar-refractivity contribution in [3.8, 4) is 0 Å². The van der Waals surface area contributed by atoms with E-state index in [-0.39, 0.29) is 10.6 Å². The Kier molecular flexibility index (Phi) is 3.97. The molecule has 0 saturated carbocycles. The Morgan fingerprint density at radius 3 is 2.28 bits per heavy atom. The largest absolute Gasteiger partial charge is 0.207 e. The van der Waals surface area contributed by atoms with Gasteiger partial charge in [-0.25, -0.2) is 13.2 Å². The highest BCUT2D eigenvalue weighted by Gasteiger charge is 2.16. The summed E-state index contributed by atoms with van der Waals surface area (Å²) in [6.07, 6.45) is 0. The van der Waals surface area contributed by atoms with Crippen LogP contribution in [0.15, 0.2) is 36.4 Å². The van der Waals surface area contributed by atoms with E-state index in [2.05, 4.69) is 15.9 Å². The Hall–Kier alpha value is -1.00. The number of rotatable bonds is 2. The average Bonchev–Trinajstić information content (AvgIpc) is 2.35. The summed E-state index contributed by atoms with van der Waals surface area (Å²) >= 11 is 8.90. The summed E-state index contributed by atoms with van der Waals surface area (Å²) in [6.45, 7) is 0. The fraction of sp³-hybridized carbons (Fsp3) is 0.0769. The molecule has 0 aliphatic heterocycles. The first-order valence-electron chi connectivity index (χ1n) is 5.03. The maximum absolute atomic E-state index is 13.6. The van der Waals surface area contributed by atoms with E-state index in [1.807, 2.05) is 0 Å². The third-order valence-corrected chi connectivity index (χ3v) is 3.78. The van der Waals surface area contributed by atoms with Crippen molar-refractivity contribution in [2.45, 2.75) is 4.83 Å². The summed E-state index contributed by atoms with van der Waals surface area (Å²) in [5, 5.41) is -0.0613. The molecule has 0 amide bonds. The van der Waals surface area contributed by atoms with Crippen LogP contribution in [0, 0.1) is 17.5 Å². The van der Waals surface area contributed by atoms with Crippen LogP contribution in [0.3, 0.4) is 0 Å². The molecule has 0 N–H and O–H groups in total. The van der Waals surface area contributed by atoms with E-state index < -0.39 is 22.3 Å². The summed E-state index contributed by atoms with van der Waals surface area (Å²) in [5.74, 6) is -1.64. The fourth-order valence-electron chi connectivity index (χ4n) is 1.56. The van der Waals surface area contributed by atoms with Gasteiger partial charge in [-0.15, -0.1) is 0 Å². The maximum Gasteiger partial charge on any atom is 0.141 e. The molecule has 0 heterocycles. The Bertz CT molecular complexity index is 586. The van der Waals surface area contributed by atoms with Crippen molar-refractivity contribution >= 4 is 27.5 Å². The molecule has 1 unspecified atom stereocenters. The summed E-state index contributed by atoms with van der Waals surface area (Å²) < 4.78 is 39.7. The highest BCUT2D eigenvalue weighted by Crippen LogP contribution is 2.34. The van der Waals surface area contributed by atoms with Gasteiger partial charge in [-0.2, -0.15) is 0 Å². The van der Waals surface area contributed by atoms with Crippen molar-refractivity contribution in [1.29, 1.82) is 0 Å². The molecule has 2 rings (SSSR count). The molecule has 18 heavy (non-hydrogen) atoms. The minimum atomic E-state index is -0.591. The van der Waals surface area contributed by atoms with Crippen LogP contribution in [0.2, 0.25) is 5.02 Å². The zero-order valence-electron chi connectivity index (χ0n) is 8.93. The number of hydrogen-bond acceptors (Lipinski definition) is 0. The van der Waals surface area contributed by atoms with Gasteiger partial charge in [0.15, 0.2) is 0 Å². The van der Waals surface area contributed by atoms with Crippen LogP contribution >= 0.6 is 27.5 Å². The highest BCUT2D eigenvalue weighted by atomic mass is 79.9. The van der Waals surface area contributed by atoms with Crippen molar-refractivity contribution in [2.75, 3.05) is 0 Å². The molecule has 0 aliphatic rings. The summed E-state index contributed by atoms with van der Waals surface area (Å²) in [6, 6.07) is 7.20. The van der Waals surface area contributed by atoms with Crippen LogP contribution in [-0.2, 0) is 0 Å². The Morgan fingerprint density at radius 2 is 1.61 bits per heavy atom. The van der Waals surface area contributed by atoms with Gasteiger partial charge in [0.2, 0.25) is 0 Å². The molecule has 0 saturated heterocycles. The molecule has 1 atom stereocenters. The number of halogens is 5. The molecule has 0 fully saturated rings. The predicted octanol–water partition coefficient (Wildman–Crippen LogP) is 5.24. The first kappa shape index (κ1) is 13.4. The molecule has 0 bridgehead atoms. The number of alkyl halides is 1. The fourth-order valence-corrected chi connectivity index (χ4v) is 2.38. The first-order valence-corrected chi connectivity index (χ1v) is 6.32. The van der Waals surface area contributed by atoms with Crippen LogP contribution < -0.4 is 0 Å². The minimum Gasteiger partial charge on any atom is -0.207 e. The summed E-state index contributed by atoms with van der Waals surface area (Å²) in [5.41, 5.74) is 0.684. The lowest BCUT2D eigenvalue weighted by Crippen LogP contribution is -1.98. The van der Waals surface area contributed by atoms with Gasteiger partial charge in [0.1, 0.15) is 17.5 Å². The van der Waals surface area contributed by atoms with E-state index in [1.54, 1.807) is 0 Å². The Morgan fingerprint density at radius 1 is 0.944 bits per heavy atom. The van der Waals surface area contributed by atoms with Crippen molar-refractivity contribution < 1.29 is 13.2 Å². The second-order valence-electron chi connectivity index (χ2n) is 3.70. The van der Waals surface area contributed by atoms with E-state index >= 15 is 0 Å². The van der Waals surface area contributed by atoms with Crippen LogP contribution in [0.4, 0.5) is 13.2 Å². The van der Waals surface area contributed by atoms with Crippen LogP contribution in [0.5, 0.6) is 0 Å². The maximum atomic E-state index is 13.6. The quantitative estimate of drug-likeness (QED) is 0.658. The first-order chi connectivity index (χ1) is 8.49. The molecular formula is C13H7BrClF3. The molecule has 0 aromatic heterocycles. The lowest BCUT2D eigenvalue weighted by atomic mass is 10.0. The van der Waals surface area contributed by atoms with Crippen LogP contribution in [0.25, 0.3) is 0 Å².